The molecule has 0 unspecified atom stereocenters. The molecule has 0 aromatic heterocycles. The molecule has 1 nitrogen and oxygen atoms in total. The summed E-state index contributed by atoms with van der Waals surface area (Å²) in [5.74, 6) is 0.771. The number of benzene rings is 4. The molecule has 0 aliphatic carbocycles. The van der Waals surface area contributed by atoms with Crippen LogP contribution in [0.1, 0.15) is 0 Å². The van der Waals surface area contributed by atoms with E-state index >= 15 is 0 Å². The lowest BCUT2D eigenvalue weighted by molar-refractivity contribution is 0.620. The van der Waals surface area contributed by atoms with Crippen LogP contribution >= 0.6 is 19.1 Å². The molecule has 0 heterocycles. The minimum absolute atomic E-state index is 0.666. The van der Waals surface area contributed by atoms with E-state index in [0.717, 1.165) is 5.75 Å². The fourth-order valence-corrected chi connectivity index (χ4v) is 6.80. The molecule has 0 saturated heterocycles. The van der Waals surface area contributed by atoms with Crippen molar-refractivity contribution in [1.29, 1.82) is 0 Å². The topological polar surface area (TPSA) is 9.23 Å². The summed E-state index contributed by atoms with van der Waals surface area (Å²) in [5, 5.41) is 4.17. The largest absolute Gasteiger partial charge is 0.334 e. The number of hydrogen-bond donors (Lipinski definition) is 0. The Morgan fingerprint density at radius 3 is 1.37 bits per heavy atom. The van der Waals surface area contributed by atoms with Crippen LogP contribution in [-0.4, -0.2) is 0 Å². The van der Waals surface area contributed by atoms with E-state index in [-0.39, 0.29) is 0 Å². The average Bonchev–Trinajstić information content (AvgIpc) is 2.74. The maximum atomic E-state index is 6.87. The quantitative estimate of drug-likeness (QED) is 0.402. The Balaban J connectivity index is 2.00. The van der Waals surface area contributed by atoms with Crippen molar-refractivity contribution in [3.63, 3.8) is 0 Å². The van der Waals surface area contributed by atoms with Crippen molar-refractivity contribution < 1.29 is 4.52 Å². The van der Waals surface area contributed by atoms with Gasteiger partial charge in [0.05, 0.1) is 0 Å². The van der Waals surface area contributed by atoms with Gasteiger partial charge in [0.15, 0.2) is 5.75 Å². The van der Waals surface area contributed by atoms with Gasteiger partial charge in [-0.2, -0.15) is 0 Å². The lowest BCUT2D eigenvalue weighted by Crippen LogP contribution is -2.34. The van der Waals surface area contributed by atoms with Crippen LogP contribution < -0.4 is 20.4 Å². The molecule has 0 fully saturated rings. The molecule has 0 amide bonds. The number of halogens is 1. The molecule has 0 saturated carbocycles. The van der Waals surface area contributed by atoms with Crippen molar-refractivity contribution in [1.82, 2.24) is 0 Å². The lowest BCUT2D eigenvalue weighted by Gasteiger charge is -2.26. The predicted octanol–water partition coefficient (Wildman–Crippen LogP) is 5.63. The predicted molar refractivity (Wildman–Crippen MR) is 117 cm³/mol. The zero-order chi connectivity index (χ0) is 18.5. The minimum atomic E-state index is -2.35. The van der Waals surface area contributed by atoms with Crippen LogP contribution in [0.5, 0.6) is 5.75 Å². The van der Waals surface area contributed by atoms with Crippen molar-refractivity contribution in [2.45, 2.75) is 0 Å². The summed E-state index contributed by atoms with van der Waals surface area (Å²) in [4.78, 5) is 0. The Labute approximate surface area is 165 Å². The fraction of sp³-hybridized carbons (Fsp3) is 0. The van der Waals surface area contributed by atoms with Gasteiger partial charge in [-0.3, -0.25) is 0 Å². The molecular weight excluding hydrogens is 371 g/mol. The summed E-state index contributed by atoms with van der Waals surface area (Å²) < 4.78 is 6.87. The zero-order valence-electron chi connectivity index (χ0n) is 14.7. The smallest absolute Gasteiger partial charge is 0.287 e. The second-order valence-corrected chi connectivity index (χ2v) is 9.55. The van der Waals surface area contributed by atoms with E-state index in [1.807, 2.05) is 42.5 Å². The van der Waals surface area contributed by atoms with Gasteiger partial charge in [0.1, 0.15) is 15.9 Å². The summed E-state index contributed by atoms with van der Waals surface area (Å²) in [7, 11) is -2.35. The molecule has 3 heteroatoms. The van der Waals surface area contributed by atoms with Gasteiger partial charge in [-0.05, 0) is 48.5 Å². The monoisotopic (exact) mass is 389 g/mol. The Kier molecular flexibility index (Phi) is 5.25. The maximum absolute atomic E-state index is 6.87. The van der Waals surface area contributed by atoms with Gasteiger partial charge in [-0.25, -0.2) is 0 Å². The minimum Gasteiger partial charge on any atom is -0.334 e. The molecule has 0 aliphatic heterocycles. The molecule has 0 atom stereocenters. The number of hydrogen-bond acceptors (Lipinski definition) is 1. The van der Waals surface area contributed by atoms with Crippen molar-refractivity contribution in [2.75, 3.05) is 0 Å². The van der Waals surface area contributed by atoms with E-state index in [9.17, 15) is 0 Å². The molecule has 0 spiro atoms. The first-order valence-electron chi connectivity index (χ1n) is 8.80. The van der Waals surface area contributed by atoms with Gasteiger partial charge < -0.3 is 4.52 Å². The molecule has 0 aliphatic rings. The van der Waals surface area contributed by atoms with E-state index < -0.39 is 7.49 Å². The lowest BCUT2D eigenvalue weighted by atomic mass is 10.3. The molecule has 0 N–H and O–H groups in total. The van der Waals surface area contributed by atoms with Gasteiger partial charge in [0, 0.05) is 11.1 Å². The summed E-state index contributed by atoms with van der Waals surface area (Å²) >= 11 is 6.24. The van der Waals surface area contributed by atoms with Gasteiger partial charge in [0.2, 0.25) is 0 Å². The van der Waals surface area contributed by atoms with E-state index in [1.54, 1.807) is 0 Å². The Hall–Kier alpha value is -2.60. The third-order valence-electron chi connectivity index (χ3n) is 4.40. The third-order valence-corrected chi connectivity index (χ3v) is 8.19. The summed E-state index contributed by atoms with van der Waals surface area (Å²) in [5.41, 5.74) is 0. The van der Waals surface area contributed by atoms with Crippen molar-refractivity contribution in [3.8, 4) is 5.75 Å². The highest BCUT2D eigenvalue weighted by Crippen LogP contribution is 2.56. The van der Waals surface area contributed by atoms with Gasteiger partial charge in [-0.15, -0.1) is 0 Å². The summed E-state index contributed by atoms with van der Waals surface area (Å²) in [6.45, 7) is 0. The second kappa shape index (κ2) is 7.96. The van der Waals surface area contributed by atoms with Gasteiger partial charge in [0.25, 0.3) is 7.49 Å². The molecule has 132 valence electrons. The number of rotatable bonds is 5. The van der Waals surface area contributed by atoms with E-state index in [4.69, 9.17) is 16.1 Å². The molecule has 4 aromatic rings. The van der Waals surface area contributed by atoms with Crippen LogP contribution in [0.15, 0.2) is 115 Å². The van der Waals surface area contributed by atoms with Crippen molar-refractivity contribution >= 4 is 35.0 Å². The zero-order valence-corrected chi connectivity index (χ0v) is 16.4. The highest BCUT2D eigenvalue weighted by molar-refractivity contribution is 7.92. The average molecular weight is 390 g/mol. The van der Waals surface area contributed by atoms with E-state index in [2.05, 4.69) is 72.8 Å². The SMILES string of the molecule is Clc1cccc(O[P+](c2ccccc2)(c2ccccc2)c2ccccc2)c1. The van der Waals surface area contributed by atoms with Crippen LogP contribution in [0.2, 0.25) is 5.02 Å². The Bertz CT molecular complexity index is 907. The van der Waals surface area contributed by atoms with Crippen LogP contribution in [0.3, 0.4) is 0 Å². The molecule has 4 rings (SSSR count). The second-order valence-electron chi connectivity index (χ2n) is 6.16. The molecule has 4 aromatic carbocycles. The van der Waals surface area contributed by atoms with Crippen molar-refractivity contribution in [3.05, 3.63) is 120 Å². The summed E-state index contributed by atoms with van der Waals surface area (Å²) in [6.07, 6.45) is 0. The first-order valence-corrected chi connectivity index (χ1v) is 10.9. The first kappa shape index (κ1) is 17.8. The van der Waals surface area contributed by atoms with Gasteiger partial charge >= 0.3 is 0 Å². The van der Waals surface area contributed by atoms with E-state index in [1.165, 1.54) is 15.9 Å². The van der Waals surface area contributed by atoms with Crippen LogP contribution in [-0.2, 0) is 0 Å². The third kappa shape index (κ3) is 3.62. The van der Waals surface area contributed by atoms with Crippen molar-refractivity contribution in [2.24, 2.45) is 0 Å². The highest BCUT2D eigenvalue weighted by Gasteiger charge is 2.49. The van der Waals surface area contributed by atoms with Crippen LogP contribution in [0, 0.1) is 0 Å². The maximum Gasteiger partial charge on any atom is 0.287 e. The van der Waals surface area contributed by atoms with Crippen LogP contribution in [0.4, 0.5) is 0 Å². The van der Waals surface area contributed by atoms with Gasteiger partial charge in [-0.1, -0.05) is 72.3 Å². The first-order chi connectivity index (χ1) is 13.3. The molecular formula is C24H19ClOP+. The summed E-state index contributed by atoms with van der Waals surface area (Å²) in [6, 6.07) is 39.0. The standard InChI is InChI=1S/C24H19ClOP/c25-20-11-10-12-21(19-20)26-27(22-13-4-1-5-14-22,23-15-6-2-7-16-23)24-17-8-3-9-18-24/h1-19H/q+1. The fourth-order valence-electron chi connectivity index (χ4n) is 3.20. The normalized spacial score (nSPS) is 11.1. The van der Waals surface area contributed by atoms with Crippen LogP contribution in [0.25, 0.3) is 0 Å². The highest BCUT2D eigenvalue weighted by atomic mass is 35.5. The Morgan fingerprint density at radius 1 is 0.519 bits per heavy atom. The molecule has 27 heavy (non-hydrogen) atoms. The molecule has 0 bridgehead atoms. The Morgan fingerprint density at radius 2 is 0.963 bits per heavy atom. The molecule has 0 radical (unpaired) electrons. The van der Waals surface area contributed by atoms with E-state index in [0.29, 0.717) is 5.02 Å².